The summed E-state index contributed by atoms with van der Waals surface area (Å²) in [5.41, 5.74) is 0. The minimum atomic E-state index is 0.186. The quantitative estimate of drug-likeness (QED) is 0.836. The van der Waals surface area contributed by atoms with Gasteiger partial charge in [-0.25, -0.2) is 0 Å². The average molecular weight is 281 g/mol. The third-order valence-electron chi connectivity index (χ3n) is 4.49. The van der Waals surface area contributed by atoms with E-state index in [-0.39, 0.29) is 11.8 Å². The van der Waals surface area contributed by atoms with Crippen molar-refractivity contribution in [1.82, 2.24) is 15.1 Å². The Morgan fingerprint density at radius 3 is 2.45 bits per heavy atom. The van der Waals surface area contributed by atoms with Crippen LogP contribution in [0.1, 0.15) is 46.0 Å². The molecule has 0 radical (unpaired) electrons. The molecule has 0 bridgehead atoms. The highest BCUT2D eigenvalue weighted by molar-refractivity contribution is 5.76. The minimum absolute atomic E-state index is 0.186. The minimum Gasteiger partial charge on any atom is -0.352 e. The van der Waals surface area contributed by atoms with Crippen LogP contribution in [0, 0.1) is 0 Å². The lowest BCUT2D eigenvalue weighted by molar-refractivity contribution is -0.130. The Morgan fingerprint density at radius 2 is 1.85 bits per heavy atom. The third-order valence-corrected chi connectivity index (χ3v) is 4.49. The number of amides is 2. The van der Waals surface area contributed by atoms with Gasteiger partial charge in [0, 0.05) is 51.6 Å². The van der Waals surface area contributed by atoms with Gasteiger partial charge in [0.25, 0.3) is 0 Å². The van der Waals surface area contributed by atoms with Crippen LogP contribution in [0.15, 0.2) is 0 Å². The van der Waals surface area contributed by atoms with Crippen LogP contribution < -0.4 is 5.32 Å². The first-order chi connectivity index (χ1) is 9.60. The SMILES string of the molecule is CCCC(=O)NC1CCN(C2CCN(C(C)=O)CC2)C1. The van der Waals surface area contributed by atoms with Gasteiger partial charge in [-0.2, -0.15) is 0 Å². The summed E-state index contributed by atoms with van der Waals surface area (Å²) >= 11 is 0. The lowest BCUT2D eigenvalue weighted by Gasteiger charge is -2.36. The second-order valence-electron chi connectivity index (χ2n) is 6.04. The zero-order chi connectivity index (χ0) is 14.5. The molecular formula is C15H27N3O2. The Kier molecular flexibility index (Phi) is 5.40. The molecule has 2 aliphatic rings. The summed E-state index contributed by atoms with van der Waals surface area (Å²) in [5.74, 6) is 0.375. The van der Waals surface area contributed by atoms with Crippen molar-refractivity contribution in [2.75, 3.05) is 26.2 Å². The molecular weight excluding hydrogens is 254 g/mol. The molecule has 5 nitrogen and oxygen atoms in total. The highest BCUT2D eigenvalue weighted by Gasteiger charge is 2.31. The second-order valence-corrected chi connectivity index (χ2v) is 6.04. The first-order valence-electron chi connectivity index (χ1n) is 7.89. The molecule has 2 saturated heterocycles. The largest absolute Gasteiger partial charge is 0.352 e. The van der Waals surface area contributed by atoms with Gasteiger partial charge < -0.3 is 10.2 Å². The summed E-state index contributed by atoms with van der Waals surface area (Å²) in [6, 6.07) is 0.901. The molecule has 1 atom stereocenters. The van der Waals surface area contributed by atoms with Gasteiger partial charge in [-0.05, 0) is 25.7 Å². The van der Waals surface area contributed by atoms with Crippen LogP contribution >= 0.6 is 0 Å². The summed E-state index contributed by atoms with van der Waals surface area (Å²) < 4.78 is 0. The van der Waals surface area contributed by atoms with Crippen LogP contribution in [-0.4, -0.2) is 59.9 Å². The van der Waals surface area contributed by atoms with E-state index in [0.717, 1.165) is 51.9 Å². The number of hydrogen-bond donors (Lipinski definition) is 1. The lowest BCUT2D eigenvalue weighted by Crippen LogP contribution is -2.46. The van der Waals surface area contributed by atoms with E-state index in [0.29, 0.717) is 18.5 Å². The van der Waals surface area contributed by atoms with Gasteiger partial charge in [0.2, 0.25) is 11.8 Å². The van der Waals surface area contributed by atoms with E-state index in [9.17, 15) is 9.59 Å². The summed E-state index contributed by atoms with van der Waals surface area (Å²) in [5, 5.41) is 3.13. The first-order valence-corrected chi connectivity index (χ1v) is 7.89. The van der Waals surface area contributed by atoms with Gasteiger partial charge in [0.15, 0.2) is 0 Å². The molecule has 0 aromatic heterocycles. The molecule has 0 saturated carbocycles. The molecule has 0 spiro atoms. The van der Waals surface area contributed by atoms with Crippen molar-refractivity contribution in [1.29, 1.82) is 0 Å². The van der Waals surface area contributed by atoms with E-state index < -0.39 is 0 Å². The van der Waals surface area contributed by atoms with E-state index in [1.165, 1.54) is 0 Å². The molecule has 2 rings (SSSR count). The monoisotopic (exact) mass is 281 g/mol. The fourth-order valence-electron chi connectivity index (χ4n) is 3.31. The number of carbonyl (C=O) groups excluding carboxylic acids is 2. The summed E-state index contributed by atoms with van der Waals surface area (Å²) in [7, 11) is 0. The summed E-state index contributed by atoms with van der Waals surface area (Å²) in [6.45, 7) is 7.48. The molecule has 5 heteroatoms. The van der Waals surface area contributed by atoms with Crippen LogP contribution in [0.5, 0.6) is 0 Å². The van der Waals surface area contributed by atoms with Crippen molar-refractivity contribution in [3.8, 4) is 0 Å². The normalized spacial score (nSPS) is 24.9. The molecule has 20 heavy (non-hydrogen) atoms. The van der Waals surface area contributed by atoms with Gasteiger partial charge in [-0.15, -0.1) is 0 Å². The molecule has 1 N–H and O–H groups in total. The predicted molar refractivity (Wildman–Crippen MR) is 78.3 cm³/mol. The number of rotatable bonds is 4. The van der Waals surface area contributed by atoms with Crippen molar-refractivity contribution in [3.05, 3.63) is 0 Å². The predicted octanol–water partition coefficient (Wildman–Crippen LogP) is 0.988. The molecule has 2 fully saturated rings. The number of nitrogens with one attached hydrogen (secondary N) is 1. The average Bonchev–Trinajstić information content (AvgIpc) is 2.87. The smallest absolute Gasteiger partial charge is 0.220 e. The van der Waals surface area contributed by atoms with E-state index in [1.807, 2.05) is 11.8 Å². The number of nitrogens with zero attached hydrogens (tertiary/aromatic N) is 2. The lowest BCUT2D eigenvalue weighted by atomic mass is 10.0. The maximum Gasteiger partial charge on any atom is 0.220 e. The van der Waals surface area contributed by atoms with E-state index in [2.05, 4.69) is 10.2 Å². The Labute approximate surface area is 121 Å². The van der Waals surface area contributed by atoms with Crippen molar-refractivity contribution >= 4 is 11.8 Å². The molecule has 2 heterocycles. The zero-order valence-electron chi connectivity index (χ0n) is 12.7. The summed E-state index contributed by atoms with van der Waals surface area (Å²) in [6.07, 6.45) is 4.73. The zero-order valence-corrected chi connectivity index (χ0v) is 12.7. The molecule has 0 aromatic carbocycles. The van der Waals surface area contributed by atoms with E-state index in [4.69, 9.17) is 0 Å². The van der Waals surface area contributed by atoms with Crippen molar-refractivity contribution in [2.45, 2.75) is 58.0 Å². The maximum atomic E-state index is 11.6. The second kappa shape index (κ2) is 7.07. The number of carbonyl (C=O) groups is 2. The van der Waals surface area contributed by atoms with Gasteiger partial charge in [-0.1, -0.05) is 6.92 Å². The highest BCUT2D eigenvalue weighted by Crippen LogP contribution is 2.21. The molecule has 0 aliphatic carbocycles. The highest BCUT2D eigenvalue weighted by atomic mass is 16.2. The van der Waals surface area contributed by atoms with Crippen LogP contribution in [0.4, 0.5) is 0 Å². The fourth-order valence-corrected chi connectivity index (χ4v) is 3.31. The van der Waals surface area contributed by atoms with Gasteiger partial charge in [0.05, 0.1) is 0 Å². The molecule has 2 amide bonds. The summed E-state index contributed by atoms with van der Waals surface area (Å²) in [4.78, 5) is 27.4. The molecule has 2 aliphatic heterocycles. The number of hydrogen-bond acceptors (Lipinski definition) is 3. The van der Waals surface area contributed by atoms with Crippen LogP contribution in [-0.2, 0) is 9.59 Å². The van der Waals surface area contributed by atoms with Gasteiger partial charge in [-0.3, -0.25) is 14.5 Å². The van der Waals surface area contributed by atoms with E-state index in [1.54, 1.807) is 6.92 Å². The Hall–Kier alpha value is -1.10. The third kappa shape index (κ3) is 3.95. The van der Waals surface area contributed by atoms with Crippen molar-refractivity contribution in [3.63, 3.8) is 0 Å². The van der Waals surface area contributed by atoms with Crippen LogP contribution in [0.2, 0.25) is 0 Å². The Morgan fingerprint density at radius 1 is 1.15 bits per heavy atom. The Balaban J connectivity index is 1.73. The van der Waals surface area contributed by atoms with Gasteiger partial charge >= 0.3 is 0 Å². The topological polar surface area (TPSA) is 52.7 Å². The fraction of sp³-hybridized carbons (Fsp3) is 0.867. The van der Waals surface area contributed by atoms with Crippen molar-refractivity contribution < 1.29 is 9.59 Å². The molecule has 0 aromatic rings. The number of piperidine rings is 1. The van der Waals surface area contributed by atoms with E-state index >= 15 is 0 Å². The standard InChI is InChI=1S/C15H27N3O2/c1-3-4-15(20)16-13-5-8-18(11-13)14-6-9-17(10-7-14)12(2)19/h13-14H,3-11H2,1-2H3,(H,16,20). The van der Waals surface area contributed by atoms with Crippen molar-refractivity contribution in [2.24, 2.45) is 0 Å². The molecule has 1 unspecified atom stereocenters. The molecule has 114 valence electrons. The number of likely N-dealkylation sites (tertiary alicyclic amines) is 2. The van der Waals surface area contributed by atoms with Crippen LogP contribution in [0.25, 0.3) is 0 Å². The van der Waals surface area contributed by atoms with Crippen LogP contribution in [0.3, 0.4) is 0 Å². The maximum absolute atomic E-state index is 11.6. The van der Waals surface area contributed by atoms with Gasteiger partial charge in [0.1, 0.15) is 0 Å². The Bertz CT molecular complexity index is 351. The first kappa shape index (κ1) is 15.3.